The Morgan fingerprint density at radius 1 is 1.15 bits per heavy atom. The summed E-state index contributed by atoms with van der Waals surface area (Å²) in [6, 6.07) is 9.69. The summed E-state index contributed by atoms with van der Waals surface area (Å²) in [5.74, 6) is 0.607. The third-order valence-corrected chi connectivity index (χ3v) is 5.87. The van der Waals surface area contributed by atoms with Crippen LogP contribution < -0.4 is 32.3 Å². The molecule has 3 aromatic rings. The molecule has 26 heavy (non-hydrogen) atoms. The monoisotopic (exact) mass is 464 g/mol. The number of rotatable bonds is 4. The van der Waals surface area contributed by atoms with Crippen LogP contribution in [-0.4, -0.2) is 21.0 Å². The number of benzene rings is 1. The van der Waals surface area contributed by atoms with Gasteiger partial charge in [-0.15, -0.1) is 0 Å². The summed E-state index contributed by atoms with van der Waals surface area (Å²) in [6.07, 6.45) is 2.88. The van der Waals surface area contributed by atoms with E-state index in [9.17, 15) is 4.79 Å². The third kappa shape index (κ3) is 4.37. The van der Waals surface area contributed by atoms with Crippen LogP contribution in [0.5, 0.6) is 0 Å². The van der Waals surface area contributed by atoms with Gasteiger partial charge in [-0.2, -0.15) is 0 Å². The van der Waals surface area contributed by atoms with Gasteiger partial charge in [0.05, 0.1) is 0 Å². The molecule has 0 saturated carbocycles. The predicted molar refractivity (Wildman–Crippen MR) is 93.4 cm³/mol. The Hall–Kier alpha value is -2.49. The van der Waals surface area contributed by atoms with Gasteiger partial charge in [-0.25, -0.2) is 0 Å². The summed E-state index contributed by atoms with van der Waals surface area (Å²) in [7, 11) is 0. The molecular formula is C18H19IN5O2-. The van der Waals surface area contributed by atoms with Gasteiger partial charge in [0.15, 0.2) is 0 Å². The molecule has 0 aliphatic rings. The third-order valence-electron chi connectivity index (χ3n) is 3.47. The summed E-state index contributed by atoms with van der Waals surface area (Å²) in [4.78, 5) is 20.0. The van der Waals surface area contributed by atoms with Crippen LogP contribution in [-0.2, 0) is 5.41 Å². The van der Waals surface area contributed by atoms with Crippen molar-refractivity contribution in [3.05, 3.63) is 61.5 Å². The maximum absolute atomic E-state index is 12.2. The molecule has 0 atom stereocenters. The van der Waals surface area contributed by atoms with Crippen LogP contribution >= 0.6 is 0 Å². The zero-order valence-corrected chi connectivity index (χ0v) is 16.8. The molecule has 2 heterocycles. The van der Waals surface area contributed by atoms with Gasteiger partial charge in [-0.1, -0.05) is 0 Å². The average molecular weight is 464 g/mol. The summed E-state index contributed by atoms with van der Waals surface area (Å²) >= 11 is -0.442. The van der Waals surface area contributed by atoms with E-state index in [0.717, 1.165) is 9.46 Å². The van der Waals surface area contributed by atoms with E-state index < -0.39 is 21.2 Å². The first-order valence-electron chi connectivity index (χ1n) is 7.93. The molecule has 0 fully saturated rings. The molecule has 1 aromatic carbocycles. The molecule has 0 unspecified atom stereocenters. The van der Waals surface area contributed by atoms with Crippen LogP contribution in [0.2, 0.25) is 0 Å². The Bertz CT molecular complexity index is 916. The van der Waals surface area contributed by atoms with Gasteiger partial charge in [0, 0.05) is 0 Å². The minimum atomic E-state index is -0.442. The van der Waals surface area contributed by atoms with Crippen LogP contribution in [0.1, 0.15) is 37.0 Å². The number of carbonyl (C=O) groups excluding carboxylic acids is 1. The van der Waals surface area contributed by atoms with Crippen LogP contribution in [0.3, 0.4) is 0 Å². The number of carbonyl (C=O) groups is 1. The summed E-state index contributed by atoms with van der Waals surface area (Å²) < 4.78 is 7.59. The molecule has 0 saturated heterocycles. The Morgan fingerprint density at radius 2 is 1.85 bits per heavy atom. The molecule has 0 aliphatic carbocycles. The van der Waals surface area contributed by atoms with Gasteiger partial charge in [0.2, 0.25) is 0 Å². The summed E-state index contributed by atoms with van der Waals surface area (Å²) in [6.45, 7) is 6.28. The number of nitrogens with zero attached hydrogens (tertiary/aromatic N) is 3. The normalized spacial score (nSPS) is 11.5. The number of hydrogen-bond donors (Lipinski definition) is 2. The molecule has 2 aromatic heterocycles. The van der Waals surface area contributed by atoms with E-state index in [4.69, 9.17) is 10.3 Å². The second-order valence-corrected chi connectivity index (χ2v) is 9.50. The van der Waals surface area contributed by atoms with Crippen molar-refractivity contribution in [2.75, 3.05) is 11.1 Å². The van der Waals surface area contributed by atoms with E-state index >= 15 is 0 Å². The fourth-order valence-corrected chi connectivity index (χ4v) is 4.07. The van der Waals surface area contributed by atoms with Crippen molar-refractivity contribution < 1.29 is 30.5 Å². The SMILES string of the molecule is CC(C)(C)c1cc([I-]c2ccc(NC(=O)c3nccnc3N)cc2)no1. The van der Waals surface area contributed by atoms with Crippen molar-refractivity contribution in [2.24, 2.45) is 0 Å². The average Bonchev–Trinajstić information content (AvgIpc) is 3.06. The number of nitrogens with one attached hydrogen (secondary N) is 1. The molecule has 3 N–H and O–H groups in total. The van der Waals surface area contributed by atoms with Crippen molar-refractivity contribution in [3.63, 3.8) is 0 Å². The van der Waals surface area contributed by atoms with E-state index in [-0.39, 0.29) is 22.8 Å². The van der Waals surface area contributed by atoms with Crippen molar-refractivity contribution >= 4 is 17.4 Å². The van der Waals surface area contributed by atoms with Gasteiger partial charge in [0.1, 0.15) is 0 Å². The molecule has 0 bridgehead atoms. The number of amides is 1. The second-order valence-electron chi connectivity index (χ2n) is 6.61. The van der Waals surface area contributed by atoms with Gasteiger partial charge < -0.3 is 0 Å². The molecule has 136 valence electrons. The molecule has 0 aliphatic heterocycles. The number of halogens is 1. The van der Waals surface area contributed by atoms with E-state index in [0.29, 0.717) is 5.69 Å². The minimum absolute atomic E-state index is 0.0503. The van der Waals surface area contributed by atoms with E-state index in [2.05, 4.69) is 41.2 Å². The molecular weight excluding hydrogens is 445 g/mol. The Labute approximate surface area is 161 Å². The van der Waals surface area contributed by atoms with Crippen LogP contribution in [0.4, 0.5) is 11.5 Å². The van der Waals surface area contributed by atoms with Gasteiger partial charge >= 0.3 is 162 Å². The Morgan fingerprint density at radius 3 is 2.46 bits per heavy atom. The molecule has 1 amide bonds. The van der Waals surface area contributed by atoms with Gasteiger partial charge in [-0.3, -0.25) is 0 Å². The van der Waals surface area contributed by atoms with Crippen LogP contribution in [0.25, 0.3) is 0 Å². The fourth-order valence-electron chi connectivity index (χ4n) is 2.07. The van der Waals surface area contributed by atoms with Crippen molar-refractivity contribution in [3.8, 4) is 0 Å². The first-order valence-corrected chi connectivity index (χ1v) is 10.1. The Kier molecular flexibility index (Phi) is 5.21. The summed E-state index contributed by atoms with van der Waals surface area (Å²) in [5.41, 5.74) is 6.40. The van der Waals surface area contributed by atoms with Crippen molar-refractivity contribution in [1.29, 1.82) is 0 Å². The standard InChI is InChI=1S/C18H19IN5O2/c1-18(2,3)13-10-14(24-26-13)19-11-4-6-12(7-5-11)23-17(25)15-16(20)22-9-8-21-15/h4-10H,1-3H3,(H2,20,22)(H,23,25)/q-1. The molecule has 0 radical (unpaired) electrons. The van der Waals surface area contributed by atoms with Crippen molar-refractivity contribution in [2.45, 2.75) is 26.2 Å². The Balaban J connectivity index is 1.66. The van der Waals surface area contributed by atoms with Crippen LogP contribution in [0, 0.1) is 7.27 Å². The second kappa shape index (κ2) is 7.40. The van der Waals surface area contributed by atoms with Gasteiger partial charge in [0.25, 0.3) is 0 Å². The van der Waals surface area contributed by atoms with Crippen LogP contribution in [0.15, 0.2) is 47.2 Å². The summed E-state index contributed by atoms with van der Waals surface area (Å²) in [5, 5.41) is 6.94. The molecule has 7 nitrogen and oxygen atoms in total. The fraction of sp³-hybridized carbons (Fsp3) is 0.222. The van der Waals surface area contributed by atoms with E-state index in [1.807, 2.05) is 30.3 Å². The predicted octanol–water partition coefficient (Wildman–Crippen LogP) is -0.275. The number of nitrogens with two attached hydrogens (primary N) is 1. The zero-order valence-electron chi connectivity index (χ0n) is 14.7. The molecule has 3 rings (SSSR count). The number of hydrogen-bond acceptors (Lipinski definition) is 6. The zero-order chi connectivity index (χ0) is 18.7. The number of aromatic nitrogens is 3. The molecule has 0 spiro atoms. The topological polar surface area (TPSA) is 107 Å². The van der Waals surface area contributed by atoms with Gasteiger partial charge in [-0.05, 0) is 0 Å². The number of nitrogen functional groups attached to an aromatic ring is 1. The quantitative estimate of drug-likeness (QED) is 0.515. The molecule has 8 heteroatoms. The van der Waals surface area contributed by atoms with Crippen molar-refractivity contribution in [1.82, 2.24) is 15.1 Å². The first kappa shape index (κ1) is 18.3. The van der Waals surface area contributed by atoms with E-state index in [1.54, 1.807) is 0 Å². The number of anilines is 2. The maximum atomic E-state index is 12.2. The first-order chi connectivity index (χ1) is 12.3. The van der Waals surface area contributed by atoms with E-state index in [1.165, 1.54) is 16.0 Å².